The molecule has 56 valence electrons. The molecule has 0 aromatic rings. The van der Waals surface area contributed by atoms with Crippen LogP contribution in [0.15, 0.2) is 4.99 Å². The maximum atomic E-state index is 5.26. The van der Waals surface area contributed by atoms with Gasteiger partial charge in [-0.1, -0.05) is 0 Å². The van der Waals surface area contributed by atoms with E-state index in [4.69, 9.17) is 4.74 Å². The summed E-state index contributed by atoms with van der Waals surface area (Å²) in [5.41, 5.74) is 0. The number of likely N-dealkylation sites (tertiary alicyclic amines) is 1. The van der Waals surface area contributed by atoms with E-state index >= 15 is 0 Å². The lowest BCUT2D eigenvalue weighted by Gasteiger charge is -2.55. The van der Waals surface area contributed by atoms with E-state index in [1.807, 2.05) is 7.05 Å². The Labute approximate surface area is 60.7 Å². The fourth-order valence-electron chi connectivity index (χ4n) is 1.48. The normalized spacial score (nSPS) is 38.2. The van der Waals surface area contributed by atoms with Gasteiger partial charge < -0.3 is 9.64 Å². The summed E-state index contributed by atoms with van der Waals surface area (Å²) in [5.74, 6) is 1.14. The van der Waals surface area contributed by atoms with E-state index < -0.39 is 0 Å². The fraction of sp³-hybridized carbons (Fsp3) is 0.857. The van der Waals surface area contributed by atoms with Gasteiger partial charge in [0.2, 0.25) is 0 Å². The number of amidine groups is 1. The molecule has 3 heteroatoms. The lowest BCUT2D eigenvalue weighted by molar-refractivity contribution is -0.188. The number of nitrogens with zero attached hydrogens (tertiary/aromatic N) is 2. The van der Waals surface area contributed by atoms with E-state index in [2.05, 4.69) is 16.8 Å². The van der Waals surface area contributed by atoms with E-state index in [-0.39, 0.29) is 0 Å². The zero-order valence-electron chi connectivity index (χ0n) is 6.37. The number of aliphatic imine (C=N–C) groups is 1. The molecule has 2 atom stereocenters. The first-order chi connectivity index (χ1) is 4.83. The molecule has 0 aliphatic carbocycles. The Bertz CT molecular complexity index is 178. The summed E-state index contributed by atoms with van der Waals surface area (Å²) < 4.78 is 5.26. The smallest absolute Gasteiger partial charge is 0.0977 e. The van der Waals surface area contributed by atoms with Crippen LogP contribution in [-0.2, 0) is 4.74 Å². The van der Waals surface area contributed by atoms with Crippen LogP contribution in [0.1, 0.15) is 6.92 Å². The van der Waals surface area contributed by atoms with E-state index in [0.29, 0.717) is 12.1 Å². The first kappa shape index (κ1) is 6.16. The van der Waals surface area contributed by atoms with Gasteiger partial charge in [0.25, 0.3) is 0 Å². The second kappa shape index (κ2) is 1.95. The Morgan fingerprint density at radius 3 is 2.80 bits per heavy atom. The molecule has 0 radical (unpaired) electrons. The van der Waals surface area contributed by atoms with Gasteiger partial charge in [-0.3, -0.25) is 4.99 Å². The molecule has 0 amide bonds. The van der Waals surface area contributed by atoms with Crippen molar-refractivity contribution in [1.29, 1.82) is 0 Å². The van der Waals surface area contributed by atoms with Crippen LogP contribution in [0.3, 0.4) is 0 Å². The van der Waals surface area contributed by atoms with Crippen molar-refractivity contribution in [3.63, 3.8) is 0 Å². The highest BCUT2D eigenvalue weighted by Gasteiger charge is 2.47. The molecule has 0 bridgehead atoms. The van der Waals surface area contributed by atoms with Gasteiger partial charge in [0.15, 0.2) is 0 Å². The highest BCUT2D eigenvalue weighted by atomic mass is 16.5. The van der Waals surface area contributed by atoms with E-state index in [1.54, 1.807) is 0 Å². The van der Waals surface area contributed by atoms with Crippen LogP contribution in [-0.4, -0.2) is 43.1 Å². The van der Waals surface area contributed by atoms with Crippen LogP contribution in [0.4, 0.5) is 0 Å². The van der Waals surface area contributed by atoms with Gasteiger partial charge in [0.05, 0.1) is 24.6 Å². The third-order valence-corrected chi connectivity index (χ3v) is 2.43. The summed E-state index contributed by atoms with van der Waals surface area (Å²) in [6.07, 6.45) is 0.525. The topological polar surface area (TPSA) is 24.8 Å². The van der Waals surface area contributed by atoms with E-state index in [0.717, 1.165) is 19.0 Å². The van der Waals surface area contributed by atoms with Gasteiger partial charge in [-0.25, -0.2) is 0 Å². The fourth-order valence-corrected chi connectivity index (χ4v) is 1.48. The summed E-state index contributed by atoms with van der Waals surface area (Å²) in [6.45, 7) is 4.00. The Morgan fingerprint density at radius 2 is 2.50 bits per heavy atom. The molecule has 3 nitrogen and oxygen atoms in total. The van der Waals surface area contributed by atoms with Gasteiger partial charge >= 0.3 is 0 Å². The molecule has 2 aliphatic heterocycles. The Hall–Kier alpha value is -0.570. The predicted molar refractivity (Wildman–Crippen MR) is 39.3 cm³/mol. The summed E-state index contributed by atoms with van der Waals surface area (Å²) in [6, 6.07) is 0.656. The van der Waals surface area contributed by atoms with Crippen molar-refractivity contribution < 1.29 is 4.74 Å². The Kier molecular flexibility index (Phi) is 1.20. The quantitative estimate of drug-likeness (QED) is 0.352. The minimum Gasteiger partial charge on any atom is -0.372 e. The number of rotatable bonds is 0. The first-order valence-corrected chi connectivity index (χ1v) is 3.64. The van der Waals surface area contributed by atoms with Crippen molar-refractivity contribution >= 4 is 5.84 Å². The number of hydrogen-bond acceptors (Lipinski definition) is 2. The van der Waals surface area contributed by atoms with Gasteiger partial charge in [0.1, 0.15) is 0 Å². The SMILES string of the molecule is CN=C(C)N1CC2OCC21. The number of morpholine rings is 1. The molecule has 2 rings (SSSR count). The molecule has 10 heavy (non-hydrogen) atoms. The second-order valence-corrected chi connectivity index (χ2v) is 2.86. The molecule has 2 unspecified atom stereocenters. The third-order valence-electron chi connectivity index (χ3n) is 2.43. The van der Waals surface area contributed by atoms with Crippen LogP contribution in [0.5, 0.6) is 0 Å². The van der Waals surface area contributed by atoms with Crippen LogP contribution in [0.25, 0.3) is 0 Å². The summed E-state index contributed by atoms with van der Waals surface area (Å²) in [4.78, 5) is 6.42. The van der Waals surface area contributed by atoms with E-state index in [1.165, 1.54) is 0 Å². The second-order valence-electron chi connectivity index (χ2n) is 2.86. The monoisotopic (exact) mass is 140 g/mol. The molecule has 0 spiro atoms. The molecule has 0 saturated carbocycles. The molecule has 0 aromatic carbocycles. The van der Waals surface area contributed by atoms with Crippen molar-refractivity contribution in [3.05, 3.63) is 0 Å². The molecule has 2 aliphatic rings. The van der Waals surface area contributed by atoms with Gasteiger partial charge in [-0.2, -0.15) is 0 Å². The summed E-state index contributed by atoms with van der Waals surface area (Å²) >= 11 is 0. The number of fused-ring (bicyclic) bond motifs is 1. The van der Waals surface area contributed by atoms with Crippen molar-refractivity contribution in [2.45, 2.75) is 19.1 Å². The summed E-state index contributed by atoms with van der Waals surface area (Å²) in [7, 11) is 1.84. The van der Waals surface area contributed by atoms with Crippen molar-refractivity contribution in [2.24, 2.45) is 4.99 Å². The Balaban J connectivity index is 1.97. The van der Waals surface area contributed by atoms with Gasteiger partial charge in [-0.05, 0) is 6.92 Å². The van der Waals surface area contributed by atoms with Crippen LogP contribution >= 0.6 is 0 Å². The van der Waals surface area contributed by atoms with Crippen LogP contribution < -0.4 is 0 Å². The minimum atomic E-state index is 0.525. The molecular weight excluding hydrogens is 128 g/mol. The maximum absolute atomic E-state index is 5.26. The largest absolute Gasteiger partial charge is 0.372 e. The average molecular weight is 140 g/mol. The zero-order valence-corrected chi connectivity index (χ0v) is 6.37. The molecule has 2 heterocycles. The third kappa shape index (κ3) is 0.611. The minimum absolute atomic E-state index is 0.525. The lowest BCUT2D eigenvalue weighted by Crippen LogP contribution is -2.71. The standard InChI is InChI=1S/C7H12N2O/c1-5(8-2)9-3-7-6(9)4-10-7/h6-7H,3-4H2,1-2H3. The highest BCUT2D eigenvalue weighted by Crippen LogP contribution is 2.29. The summed E-state index contributed by atoms with van der Waals surface area (Å²) in [5, 5.41) is 0. The molecule has 0 N–H and O–H groups in total. The average Bonchev–Trinajstić information content (AvgIpc) is 1.93. The van der Waals surface area contributed by atoms with Crippen LogP contribution in [0, 0.1) is 0 Å². The Morgan fingerprint density at radius 1 is 1.70 bits per heavy atom. The van der Waals surface area contributed by atoms with E-state index in [9.17, 15) is 0 Å². The molecule has 2 fully saturated rings. The highest BCUT2D eigenvalue weighted by molar-refractivity contribution is 5.81. The number of ether oxygens (including phenoxy) is 1. The van der Waals surface area contributed by atoms with Crippen molar-refractivity contribution in [2.75, 3.05) is 20.2 Å². The maximum Gasteiger partial charge on any atom is 0.0977 e. The number of hydrogen-bond donors (Lipinski definition) is 0. The van der Waals surface area contributed by atoms with Gasteiger partial charge in [0, 0.05) is 13.6 Å². The first-order valence-electron chi connectivity index (χ1n) is 3.64. The molecule has 0 aromatic heterocycles. The molecule has 2 saturated heterocycles. The van der Waals surface area contributed by atoms with Gasteiger partial charge in [-0.15, -0.1) is 0 Å². The van der Waals surface area contributed by atoms with Crippen LogP contribution in [0.2, 0.25) is 0 Å². The predicted octanol–water partition coefficient (Wildman–Crippen LogP) is 0.118. The van der Waals surface area contributed by atoms with Crippen molar-refractivity contribution in [3.8, 4) is 0 Å². The molecular formula is C7H12N2O. The lowest BCUT2D eigenvalue weighted by atomic mass is 9.95. The van der Waals surface area contributed by atoms with Crippen molar-refractivity contribution in [1.82, 2.24) is 4.90 Å². The zero-order chi connectivity index (χ0) is 7.14.